The first kappa shape index (κ1) is 18.9. The van der Waals surface area contributed by atoms with Crippen LogP contribution < -0.4 is 10.7 Å². The van der Waals surface area contributed by atoms with E-state index < -0.39 is 23.8 Å². The summed E-state index contributed by atoms with van der Waals surface area (Å²) in [5, 5.41) is 12.5. The molecule has 148 valence electrons. The van der Waals surface area contributed by atoms with Gasteiger partial charge in [-0.05, 0) is 31.9 Å². The molecule has 4 rings (SSSR count). The summed E-state index contributed by atoms with van der Waals surface area (Å²) in [5.74, 6) is -1.50. The molecule has 0 saturated heterocycles. The summed E-state index contributed by atoms with van der Waals surface area (Å²) in [5.41, 5.74) is 1.48. The second-order valence-electron chi connectivity index (χ2n) is 7.39. The standard InChI is InChI=1S/C23H21NO5/c1-13-19(25)16-10-5-11-17(21(16)29-20(13)14-7-3-2-4-8-14)22(26)24-18-12-6-9-15(18)23(27)28/h2-5,7-8,10-11,15,18H,6,9,12H2,1H3,(H,24,26)(H,27,28)/t15-,18+/m0/s1. The zero-order valence-corrected chi connectivity index (χ0v) is 16.0. The van der Waals surface area contributed by atoms with Crippen molar-refractivity contribution in [3.8, 4) is 11.3 Å². The number of amides is 1. The Labute approximate surface area is 167 Å². The summed E-state index contributed by atoms with van der Waals surface area (Å²) in [6.45, 7) is 1.70. The van der Waals surface area contributed by atoms with Crippen molar-refractivity contribution in [1.29, 1.82) is 0 Å². The Balaban J connectivity index is 1.79. The summed E-state index contributed by atoms with van der Waals surface area (Å²) in [6, 6.07) is 13.7. The van der Waals surface area contributed by atoms with Crippen LogP contribution in [0.4, 0.5) is 0 Å². The van der Waals surface area contributed by atoms with E-state index >= 15 is 0 Å². The van der Waals surface area contributed by atoms with Crippen molar-refractivity contribution in [2.45, 2.75) is 32.2 Å². The first-order chi connectivity index (χ1) is 14.0. The van der Waals surface area contributed by atoms with Crippen LogP contribution in [0.25, 0.3) is 22.3 Å². The molecule has 1 aliphatic rings. The first-order valence-electron chi connectivity index (χ1n) is 9.63. The van der Waals surface area contributed by atoms with Gasteiger partial charge in [-0.25, -0.2) is 0 Å². The number of nitrogens with one attached hydrogen (secondary N) is 1. The van der Waals surface area contributed by atoms with Gasteiger partial charge < -0.3 is 14.8 Å². The highest BCUT2D eigenvalue weighted by Gasteiger charge is 2.34. The SMILES string of the molecule is Cc1c(-c2ccccc2)oc2c(C(=O)N[C@@H]3CCC[C@@H]3C(=O)O)cccc2c1=O. The third kappa shape index (κ3) is 3.42. The fourth-order valence-corrected chi connectivity index (χ4v) is 4.03. The van der Waals surface area contributed by atoms with Crippen molar-refractivity contribution >= 4 is 22.8 Å². The Hall–Kier alpha value is -3.41. The van der Waals surface area contributed by atoms with Crippen LogP contribution in [-0.4, -0.2) is 23.0 Å². The van der Waals surface area contributed by atoms with Crippen LogP contribution in [0.2, 0.25) is 0 Å². The van der Waals surface area contributed by atoms with Gasteiger partial charge >= 0.3 is 5.97 Å². The first-order valence-corrected chi connectivity index (χ1v) is 9.63. The van der Waals surface area contributed by atoms with Gasteiger partial charge in [-0.15, -0.1) is 0 Å². The summed E-state index contributed by atoms with van der Waals surface area (Å²) in [6.07, 6.45) is 1.91. The fraction of sp³-hybridized carbons (Fsp3) is 0.261. The van der Waals surface area contributed by atoms with Crippen molar-refractivity contribution < 1.29 is 19.1 Å². The molecule has 0 aliphatic heterocycles. The highest BCUT2D eigenvalue weighted by atomic mass is 16.4. The number of carboxylic acids is 1. The molecule has 0 unspecified atom stereocenters. The highest BCUT2D eigenvalue weighted by Crippen LogP contribution is 2.29. The summed E-state index contributed by atoms with van der Waals surface area (Å²) in [7, 11) is 0. The quantitative estimate of drug-likeness (QED) is 0.706. The summed E-state index contributed by atoms with van der Waals surface area (Å²) in [4.78, 5) is 37.3. The van der Waals surface area contributed by atoms with Crippen LogP contribution in [0.3, 0.4) is 0 Å². The maximum Gasteiger partial charge on any atom is 0.308 e. The Bertz CT molecular complexity index is 1150. The van der Waals surface area contributed by atoms with Crippen molar-refractivity contribution in [2.75, 3.05) is 0 Å². The van der Waals surface area contributed by atoms with Crippen molar-refractivity contribution in [1.82, 2.24) is 5.32 Å². The Morgan fingerprint density at radius 3 is 2.55 bits per heavy atom. The van der Waals surface area contributed by atoms with Gasteiger partial charge in [0.2, 0.25) is 0 Å². The molecule has 2 atom stereocenters. The molecule has 1 heterocycles. The van der Waals surface area contributed by atoms with Gasteiger partial charge in [-0.2, -0.15) is 0 Å². The molecule has 6 nitrogen and oxygen atoms in total. The van der Waals surface area contributed by atoms with E-state index in [1.54, 1.807) is 25.1 Å². The van der Waals surface area contributed by atoms with E-state index in [0.717, 1.165) is 12.0 Å². The molecular formula is C23H21NO5. The van der Waals surface area contributed by atoms with E-state index in [1.807, 2.05) is 30.3 Å². The lowest BCUT2D eigenvalue weighted by Gasteiger charge is -2.18. The number of aliphatic carboxylic acids is 1. The minimum atomic E-state index is -0.903. The zero-order valence-electron chi connectivity index (χ0n) is 16.0. The smallest absolute Gasteiger partial charge is 0.308 e. The van der Waals surface area contributed by atoms with Gasteiger partial charge in [0.25, 0.3) is 5.91 Å². The third-order valence-corrected chi connectivity index (χ3v) is 5.58. The molecule has 1 amide bonds. The third-order valence-electron chi connectivity index (χ3n) is 5.58. The molecule has 1 aromatic heterocycles. The van der Waals surface area contributed by atoms with Gasteiger partial charge in [0.15, 0.2) is 11.0 Å². The number of benzene rings is 2. The van der Waals surface area contributed by atoms with Crippen LogP contribution in [0, 0.1) is 12.8 Å². The highest BCUT2D eigenvalue weighted by molar-refractivity contribution is 6.05. The molecule has 2 aromatic carbocycles. The largest absolute Gasteiger partial charge is 0.481 e. The molecule has 0 spiro atoms. The Kier molecular flexibility index (Phi) is 4.92. The van der Waals surface area contributed by atoms with Crippen LogP contribution in [0.1, 0.15) is 35.2 Å². The normalized spacial score (nSPS) is 18.7. The maximum absolute atomic E-state index is 13.0. The van der Waals surface area contributed by atoms with Crippen molar-refractivity contribution in [3.63, 3.8) is 0 Å². The number of carbonyl (C=O) groups is 2. The molecule has 0 radical (unpaired) electrons. The van der Waals surface area contributed by atoms with Crippen LogP contribution in [0.5, 0.6) is 0 Å². The predicted molar refractivity (Wildman–Crippen MR) is 109 cm³/mol. The Morgan fingerprint density at radius 1 is 1.07 bits per heavy atom. The van der Waals surface area contributed by atoms with Crippen LogP contribution in [0.15, 0.2) is 57.7 Å². The number of hydrogen-bond donors (Lipinski definition) is 2. The fourth-order valence-electron chi connectivity index (χ4n) is 4.03. The van der Waals surface area contributed by atoms with E-state index in [9.17, 15) is 19.5 Å². The molecular weight excluding hydrogens is 370 g/mol. The molecule has 3 aromatic rings. The number of fused-ring (bicyclic) bond motifs is 1. The lowest BCUT2D eigenvalue weighted by Crippen LogP contribution is -2.40. The maximum atomic E-state index is 13.0. The molecule has 1 aliphatic carbocycles. The summed E-state index contributed by atoms with van der Waals surface area (Å²) < 4.78 is 6.07. The second kappa shape index (κ2) is 7.54. The van der Waals surface area contributed by atoms with Gasteiger partial charge in [0, 0.05) is 17.2 Å². The second-order valence-corrected chi connectivity index (χ2v) is 7.39. The average Bonchev–Trinajstić information content (AvgIpc) is 3.19. The number of para-hydroxylation sites is 1. The molecule has 1 saturated carbocycles. The number of carboxylic acid groups (broad SMARTS) is 1. The van der Waals surface area contributed by atoms with Crippen LogP contribution >= 0.6 is 0 Å². The summed E-state index contributed by atoms with van der Waals surface area (Å²) >= 11 is 0. The van der Waals surface area contributed by atoms with E-state index in [1.165, 1.54) is 0 Å². The molecule has 6 heteroatoms. The lowest BCUT2D eigenvalue weighted by atomic mass is 10.0. The predicted octanol–water partition coefficient (Wildman–Crippen LogP) is 3.75. The van der Waals surface area contributed by atoms with Gasteiger partial charge in [0.1, 0.15) is 5.76 Å². The molecule has 0 bridgehead atoms. The topological polar surface area (TPSA) is 96.6 Å². The van der Waals surface area contributed by atoms with Crippen LogP contribution in [-0.2, 0) is 4.79 Å². The molecule has 29 heavy (non-hydrogen) atoms. The van der Waals surface area contributed by atoms with E-state index in [0.29, 0.717) is 29.6 Å². The van der Waals surface area contributed by atoms with Gasteiger partial charge in [-0.3, -0.25) is 14.4 Å². The minimum Gasteiger partial charge on any atom is -0.481 e. The van der Waals surface area contributed by atoms with Gasteiger partial charge in [0.05, 0.1) is 16.9 Å². The number of carbonyl (C=O) groups excluding carboxylic acids is 1. The number of hydrogen-bond acceptors (Lipinski definition) is 4. The Morgan fingerprint density at radius 2 is 1.83 bits per heavy atom. The lowest BCUT2D eigenvalue weighted by molar-refractivity contribution is -0.142. The number of rotatable bonds is 4. The average molecular weight is 391 g/mol. The molecule has 2 N–H and O–H groups in total. The van der Waals surface area contributed by atoms with E-state index in [4.69, 9.17) is 4.42 Å². The zero-order chi connectivity index (χ0) is 20.5. The van der Waals surface area contributed by atoms with Crippen molar-refractivity contribution in [2.24, 2.45) is 5.92 Å². The van der Waals surface area contributed by atoms with E-state index in [2.05, 4.69) is 5.32 Å². The monoisotopic (exact) mass is 391 g/mol. The van der Waals surface area contributed by atoms with Crippen molar-refractivity contribution in [3.05, 3.63) is 69.9 Å². The van der Waals surface area contributed by atoms with E-state index in [-0.39, 0.29) is 16.6 Å². The minimum absolute atomic E-state index is 0.191. The molecule has 1 fully saturated rings. The van der Waals surface area contributed by atoms with Gasteiger partial charge in [-0.1, -0.05) is 42.8 Å².